The standard InChI is InChI=1S/C18H17NS2Se/c1-12(22-13-5-3-2-4-6-13)11-14-17-15(7-9-20-17)19-16-8-10-21-18(14)16/h2-10,12,14,19H,11H2,1H3. The van der Waals surface area contributed by atoms with Crippen LogP contribution >= 0.6 is 22.7 Å². The number of hydrogen-bond acceptors (Lipinski definition) is 3. The molecule has 1 aliphatic heterocycles. The van der Waals surface area contributed by atoms with Crippen LogP contribution in [-0.2, 0) is 0 Å². The molecule has 0 bridgehead atoms. The SMILES string of the molecule is CC(CC1c2sccc2Nc2ccsc21)[Se]c1ccccc1. The van der Waals surface area contributed by atoms with Crippen molar-refractivity contribution in [3.8, 4) is 0 Å². The van der Waals surface area contributed by atoms with Gasteiger partial charge < -0.3 is 0 Å². The monoisotopic (exact) mass is 391 g/mol. The number of nitrogens with one attached hydrogen (secondary N) is 1. The predicted molar refractivity (Wildman–Crippen MR) is 99.6 cm³/mol. The first kappa shape index (κ1) is 14.5. The number of anilines is 2. The Morgan fingerprint density at radius 2 is 1.64 bits per heavy atom. The molecule has 3 heterocycles. The van der Waals surface area contributed by atoms with E-state index in [1.807, 2.05) is 22.7 Å². The van der Waals surface area contributed by atoms with Crippen molar-refractivity contribution in [2.75, 3.05) is 5.32 Å². The van der Waals surface area contributed by atoms with Gasteiger partial charge in [-0.1, -0.05) is 0 Å². The van der Waals surface area contributed by atoms with Crippen LogP contribution in [0, 0.1) is 0 Å². The Labute approximate surface area is 145 Å². The van der Waals surface area contributed by atoms with Gasteiger partial charge in [-0.15, -0.1) is 0 Å². The molecule has 0 fully saturated rings. The molecule has 0 spiro atoms. The van der Waals surface area contributed by atoms with E-state index in [1.54, 1.807) is 0 Å². The molecule has 1 unspecified atom stereocenters. The zero-order valence-corrected chi connectivity index (χ0v) is 15.6. The molecule has 0 saturated carbocycles. The minimum atomic E-state index is 0.543. The number of hydrogen-bond donors (Lipinski definition) is 1. The summed E-state index contributed by atoms with van der Waals surface area (Å²) in [5.74, 6) is 0.576. The molecule has 22 heavy (non-hydrogen) atoms. The zero-order chi connectivity index (χ0) is 14.9. The first-order valence-electron chi connectivity index (χ1n) is 7.45. The maximum atomic E-state index is 3.58. The van der Waals surface area contributed by atoms with Crippen molar-refractivity contribution < 1.29 is 0 Å². The van der Waals surface area contributed by atoms with Crippen molar-refractivity contribution in [2.24, 2.45) is 0 Å². The van der Waals surface area contributed by atoms with E-state index < -0.39 is 0 Å². The topological polar surface area (TPSA) is 12.0 Å². The molecule has 4 heteroatoms. The van der Waals surface area contributed by atoms with Crippen LogP contribution in [0.4, 0.5) is 11.4 Å². The van der Waals surface area contributed by atoms with E-state index in [2.05, 4.69) is 65.5 Å². The van der Waals surface area contributed by atoms with Crippen molar-refractivity contribution >= 4 is 53.5 Å². The summed E-state index contributed by atoms with van der Waals surface area (Å²) in [6.45, 7) is 2.41. The third kappa shape index (κ3) is 2.77. The molecule has 0 amide bonds. The first-order chi connectivity index (χ1) is 10.8. The molecule has 0 saturated heterocycles. The van der Waals surface area contributed by atoms with E-state index >= 15 is 0 Å². The molecule has 1 aliphatic rings. The molecule has 1 nitrogen and oxygen atoms in total. The van der Waals surface area contributed by atoms with Crippen molar-refractivity contribution in [3.63, 3.8) is 0 Å². The van der Waals surface area contributed by atoms with Gasteiger partial charge in [0.05, 0.1) is 0 Å². The number of thiophene rings is 2. The van der Waals surface area contributed by atoms with Crippen LogP contribution in [0.15, 0.2) is 53.2 Å². The average molecular weight is 390 g/mol. The molecule has 0 radical (unpaired) electrons. The van der Waals surface area contributed by atoms with Gasteiger partial charge >= 0.3 is 146 Å². The van der Waals surface area contributed by atoms with Crippen LogP contribution in [0.2, 0.25) is 4.82 Å². The van der Waals surface area contributed by atoms with Gasteiger partial charge in [0.2, 0.25) is 0 Å². The summed E-state index contributed by atoms with van der Waals surface area (Å²) in [6.07, 6.45) is 1.25. The molecule has 3 aromatic rings. The van der Waals surface area contributed by atoms with Gasteiger partial charge in [0.15, 0.2) is 0 Å². The van der Waals surface area contributed by atoms with Crippen LogP contribution in [-0.4, -0.2) is 15.0 Å². The van der Waals surface area contributed by atoms with Crippen molar-refractivity contribution in [2.45, 2.75) is 24.1 Å². The normalized spacial score (nSPS) is 15.0. The van der Waals surface area contributed by atoms with E-state index in [9.17, 15) is 0 Å². The van der Waals surface area contributed by atoms with Crippen molar-refractivity contribution in [3.05, 3.63) is 63.0 Å². The third-order valence-corrected chi connectivity index (χ3v) is 8.39. The van der Waals surface area contributed by atoms with Crippen LogP contribution in [0.5, 0.6) is 0 Å². The van der Waals surface area contributed by atoms with E-state index in [4.69, 9.17) is 0 Å². The fourth-order valence-electron chi connectivity index (χ4n) is 2.98. The second-order valence-electron chi connectivity index (χ2n) is 5.55. The Morgan fingerprint density at radius 3 is 2.27 bits per heavy atom. The van der Waals surface area contributed by atoms with Crippen molar-refractivity contribution in [1.29, 1.82) is 0 Å². The molecule has 1 N–H and O–H groups in total. The van der Waals surface area contributed by atoms with E-state index in [0.29, 0.717) is 20.9 Å². The second-order valence-corrected chi connectivity index (χ2v) is 10.6. The summed E-state index contributed by atoms with van der Waals surface area (Å²) in [5, 5.41) is 8.01. The van der Waals surface area contributed by atoms with E-state index in [1.165, 1.54) is 32.0 Å². The molecule has 0 aliphatic carbocycles. The fraction of sp³-hybridized carbons (Fsp3) is 0.222. The van der Waals surface area contributed by atoms with Crippen LogP contribution in [0.25, 0.3) is 0 Å². The van der Waals surface area contributed by atoms with Gasteiger partial charge in [0.25, 0.3) is 0 Å². The molecular formula is C18H17NS2Se. The van der Waals surface area contributed by atoms with Crippen LogP contribution < -0.4 is 9.78 Å². The molecule has 1 atom stereocenters. The van der Waals surface area contributed by atoms with Crippen molar-refractivity contribution in [1.82, 2.24) is 0 Å². The van der Waals surface area contributed by atoms with Crippen LogP contribution in [0.1, 0.15) is 29.0 Å². The van der Waals surface area contributed by atoms with Gasteiger partial charge in [0, 0.05) is 0 Å². The molecule has 4 rings (SSSR count). The predicted octanol–water partition coefficient (Wildman–Crippen LogP) is 5.23. The van der Waals surface area contributed by atoms with Gasteiger partial charge in [-0.05, 0) is 0 Å². The summed E-state index contributed by atoms with van der Waals surface area (Å²) < 4.78 is 1.51. The number of fused-ring (bicyclic) bond motifs is 2. The molecule has 1 aromatic carbocycles. The first-order valence-corrected chi connectivity index (χ1v) is 11.1. The number of benzene rings is 1. The van der Waals surface area contributed by atoms with Gasteiger partial charge in [-0.2, -0.15) is 0 Å². The Balaban J connectivity index is 1.57. The average Bonchev–Trinajstić information content (AvgIpc) is 3.16. The van der Waals surface area contributed by atoms with Gasteiger partial charge in [-0.3, -0.25) is 0 Å². The molecule has 112 valence electrons. The third-order valence-electron chi connectivity index (χ3n) is 3.94. The Morgan fingerprint density at radius 1 is 1.00 bits per heavy atom. The van der Waals surface area contributed by atoms with E-state index in [-0.39, 0.29) is 0 Å². The number of rotatable bonds is 4. The minimum absolute atomic E-state index is 0.543. The Hall–Kier alpha value is -1.06. The molecule has 2 aromatic heterocycles. The fourth-order valence-corrected chi connectivity index (χ4v) is 7.24. The van der Waals surface area contributed by atoms with Gasteiger partial charge in [0.1, 0.15) is 0 Å². The van der Waals surface area contributed by atoms with Gasteiger partial charge in [-0.25, -0.2) is 0 Å². The summed E-state index contributed by atoms with van der Waals surface area (Å²) in [6, 6.07) is 15.4. The summed E-state index contributed by atoms with van der Waals surface area (Å²) >= 11 is 4.34. The molecular weight excluding hydrogens is 373 g/mol. The van der Waals surface area contributed by atoms with Crippen LogP contribution in [0.3, 0.4) is 0 Å². The van der Waals surface area contributed by atoms with E-state index in [0.717, 1.165) is 4.82 Å². The Bertz CT molecular complexity index is 722. The summed E-state index contributed by atoms with van der Waals surface area (Å²) in [7, 11) is 0. The quantitative estimate of drug-likeness (QED) is 0.602. The second kappa shape index (κ2) is 6.21. The summed E-state index contributed by atoms with van der Waals surface area (Å²) in [5.41, 5.74) is 2.64. The zero-order valence-electron chi connectivity index (χ0n) is 12.3. The maximum absolute atomic E-state index is 3.58. The summed E-state index contributed by atoms with van der Waals surface area (Å²) in [4.78, 5) is 3.78. The Kier molecular flexibility index (Phi) is 4.10.